The third kappa shape index (κ3) is 3.98. The molecule has 0 aliphatic heterocycles. The second kappa shape index (κ2) is 8.01. The third-order valence-corrected chi connectivity index (χ3v) is 5.88. The maximum atomic E-state index is 12.7. The van der Waals surface area contributed by atoms with Crippen LogP contribution in [0.4, 0.5) is 0 Å². The predicted molar refractivity (Wildman–Crippen MR) is 116 cm³/mol. The van der Waals surface area contributed by atoms with E-state index in [1.807, 2.05) is 67.6 Å². The number of benzene rings is 3. The van der Waals surface area contributed by atoms with E-state index >= 15 is 0 Å². The van der Waals surface area contributed by atoms with E-state index in [0.717, 1.165) is 38.2 Å². The van der Waals surface area contributed by atoms with E-state index in [2.05, 4.69) is 15.5 Å². The molecule has 3 aromatic carbocycles. The topological polar surface area (TPSA) is 74.8 Å². The van der Waals surface area contributed by atoms with Crippen LogP contribution in [0.25, 0.3) is 22.2 Å². The van der Waals surface area contributed by atoms with E-state index < -0.39 is 10.8 Å². The van der Waals surface area contributed by atoms with Crippen LogP contribution in [0.3, 0.4) is 0 Å². The molecular formula is C23H21N3O2S. The average molecular weight is 404 g/mol. The summed E-state index contributed by atoms with van der Waals surface area (Å²) in [6.45, 7) is 2.51. The fraction of sp³-hybridized carbons (Fsp3) is 0.130. The van der Waals surface area contributed by atoms with Crippen molar-refractivity contribution in [1.82, 2.24) is 15.5 Å². The van der Waals surface area contributed by atoms with Crippen LogP contribution in [0.2, 0.25) is 0 Å². The molecule has 0 aliphatic carbocycles. The average Bonchev–Trinajstić information content (AvgIpc) is 3.16. The molecule has 0 saturated heterocycles. The van der Waals surface area contributed by atoms with Crippen LogP contribution in [0.1, 0.15) is 21.5 Å². The van der Waals surface area contributed by atoms with Crippen LogP contribution in [0.5, 0.6) is 0 Å². The SMILES string of the molecule is Cc1ccccc1CNC(=O)c1ccc2[nH]nc(-c3cccc(S(C)=O)c3)c2c1. The van der Waals surface area contributed by atoms with Crippen LogP contribution in [0.15, 0.2) is 71.6 Å². The van der Waals surface area contributed by atoms with Gasteiger partial charge >= 0.3 is 0 Å². The van der Waals surface area contributed by atoms with Crippen LogP contribution >= 0.6 is 0 Å². The van der Waals surface area contributed by atoms with Gasteiger partial charge in [0.25, 0.3) is 5.91 Å². The van der Waals surface area contributed by atoms with Crippen LogP contribution in [-0.2, 0) is 17.3 Å². The van der Waals surface area contributed by atoms with Crippen molar-refractivity contribution in [1.29, 1.82) is 0 Å². The highest BCUT2D eigenvalue weighted by Gasteiger charge is 2.13. The molecule has 1 amide bonds. The minimum Gasteiger partial charge on any atom is -0.348 e. The molecule has 6 heteroatoms. The highest BCUT2D eigenvalue weighted by Crippen LogP contribution is 2.28. The standard InChI is InChI=1S/C23H21N3O2S/c1-15-6-3-4-7-18(15)14-24-23(27)17-10-11-21-20(13-17)22(26-25-21)16-8-5-9-19(12-16)29(2)28/h3-13H,14H2,1-2H3,(H,24,27)(H,25,26). The summed E-state index contributed by atoms with van der Waals surface area (Å²) in [5.74, 6) is -0.134. The van der Waals surface area contributed by atoms with Gasteiger partial charge in [-0.3, -0.25) is 14.1 Å². The molecule has 146 valence electrons. The summed E-state index contributed by atoms with van der Waals surface area (Å²) in [6, 6.07) is 21.0. The van der Waals surface area contributed by atoms with Crippen LogP contribution < -0.4 is 5.32 Å². The largest absolute Gasteiger partial charge is 0.348 e. The molecule has 1 aromatic heterocycles. The number of aromatic nitrogens is 2. The number of hydrogen-bond acceptors (Lipinski definition) is 3. The fourth-order valence-electron chi connectivity index (χ4n) is 3.28. The number of carbonyl (C=O) groups is 1. The number of hydrogen-bond donors (Lipinski definition) is 2. The second-order valence-corrected chi connectivity index (χ2v) is 8.30. The number of rotatable bonds is 5. The first-order valence-corrected chi connectivity index (χ1v) is 10.8. The van der Waals surface area contributed by atoms with Gasteiger partial charge in [0.15, 0.2) is 0 Å². The van der Waals surface area contributed by atoms with Crippen molar-refractivity contribution in [3.63, 3.8) is 0 Å². The van der Waals surface area contributed by atoms with Gasteiger partial charge in [0.2, 0.25) is 0 Å². The number of aromatic amines is 1. The summed E-state index contributed by atoms with van der Waals surface area (Å²) in [5, 5.41) is 11.3. The summed E-state index contributed by atoms with van der Waals surface area (Å²) in [6.07, 6.45) is 1.65. The minimum atomic E-state index is -1.07. The monoisotopic (exact) mass is 403 g/mol. The van der Waals surface area contributed by atoms with Gasteiger partial charge in [-0.15, -0.1) is 0 Å². The molecule has 5 nitrogen and oxygen atoms in total. The Kier molecular flexibility index (Phi) is 5.27. The lowest BCUT2D eigenvalue weighted by atomic mass is 10.0. The van der Waals surface area contributed by atoms with Gasteiger partial charge in [-0.1, -0.05) is 36.4 Å². The number of amides is 1. The summed E-state index contributed by atoms with van der Waals surface area (Å²) >= 11 is 0. The van der Waals surface area contributed by atoms with E-state index in [0.29, 0.717) is 12.1 Å². The Morgan fingerprint density at radius 2 is 1.90 bits per heavy atom. The zero-order valence-electron chi connectivity index (χ0n) is 16.2. The Bertz CT molecular complexity index is 1230. The van der Waals surface area contributed by atoms with Gasteiger partial charge in [0.1, 0.15) is 0 Å². The Balaban J connectivity index is 1.63. The molecule has 4 aromatic rings. The van der Waals surface area contributed by atoms with E-state index in [9.17, 15) is 9.00 Å². The molecule has 0 saturated carbocycles. The first kappa shape index (κ1) is 19.1. The van der Waals surface area contributed by atoms with Gasteiger partial charge in [-0.05, 0) is 48.4 Å². The highest BCUT2D eigenvalue weighted by atomic mass is 32.2. The van der Waals surface area contributed by atoms with Crippen molar-refractivity contribution >= 4 is 27.6 Å². The first-order valence-electron chi connectivity index (χ1n) is 9.27. The zero-order valence-corrected chi connectivity index (χ0v) is 17.0. The van der Waals surface area contributed by atoms with Gasteiger partial charge in [0.05, 0.1) is 11.2 Å². The van der Waals surface area contributed by atoms with Crippen molar-refractivity contribution in [2.45, 2.75) is 18.4 Å². The van der Waals surface area contributed by atoms with E-state index in [1.54, 1.807) is 12.3 Å². The lowest BCUT2D eigenvalue weighted by molar-refractivity contribution is 0.0951. The molecule has 0 fully saturated rings. The smallest absolute Gasteiger partial charge is 0.251 e. The van der Waals surface area contributed by atoms with Crippen molar-refractivity contribution in [2.24, 2.45) is 0 Å². The summed E-state index contributed by atoms with van der Waals surface area (Å²) in [7, 11) is -1.07. The maximum Gasteiger partial charge on any atom is 0.251 e. The van der Waals surface area contributed by atoms with Gasteiger partial charge < -0.3 is 5.32 Å². The number of carbonyl (C=O) groups excluding carboxylic acids is 1. The van der Waals surface area contributed by atoms with Crippen molar-refractivity contribution in [3.05, 3.63) is 83.4 Å². The van der Waals surface area contributed by atoms with Gasteiger partial charge in [-0.2, -0.15) is 5.10 Å². The molecule has 0 aliphatic rings. The zero-order chi connectivity index (χ0) is 20.4. The number of fused-ring (bicyclic) bond motifs is 1. The van der Waals surface area contributed by atoms with E-state index in [1.165, 1.54) is 0 Å². The van der Waals surface area contributed by atoms with Crippen LogP contribution in [0, 0.1) is 6.92 Å². The molecule has 2 N–H and O–H groups in total. The normalized spacial score (nSPS) is 12.1. The number of nitrogens with zero attached hydrogens (tertiary/aromatic N) is 1. The summed E-state index contributed by atoms with van der Waals surface area (Å²) in [4.78, 5) is 13.4. The van der Waals surface area contributed by atoms with Gasteiger partial charge in [-0.25, -0.2) is 0 Å². The number of nitrogens with one attached hydrogen (secondary N) is 2. The fourth-order valence-corrected chi connectivity index (χ4v) is 3.85. The summed E-state index contributed by atoms with van der Waals surface area (Å²) < 4.78 is 11.8. The molecule has 0 bridgehead atoms. The maximum absolute atomic E-state index is 12.7. The van der Waals surface area contributed by atoms with E-state index in [-0.39, 0.29) is 5.91 Å². The van der Waals surface area contributed by atoms with Crippen molar-refractivity contribution in [2.75, 3.05) is 6.26 Å². The summed E-state index contributed by atoms with van der Waals surface area (Å²) in [5.41, 5.74) is 5.26. The molecule has 0 radical (unpaired) electrons. The van der Waals surface area contributed by atoms with Gasteiger partial charge in [0, 0.05) is 45.0 Å². The number of aryl methyl sites for hydroxylation is 1. The van der Waals surface area contributed by atoms with E-state index in [4.69, 9.17) is 0 Å². The predicted octanol–water partition coefficient (Wildman–Crippen LogP) is 4.21. The van der Waals surface area contributed by atoms with Crippen molar-refractivity contribution < 1.29 is 9.00 Å². The third-order valence-electron chi connectivity index (χ3n) is 4.97. The second-order valence-electron chi connectivity index (χ2n) is 6.92. The lowest BCUT2D eigenvalue weighted by Crippen LogP contribution is -2.23. The van der Waals surface area contributed by atoms with Crippen LogP contribution in [-0.4, -0.2) is 26.6 Å². The number of H-pyrrole nitrogens is 1. The minimum absolute atomic E-state index is 0.134. The Hall–Kier alpha value is -3.25. The molecule has 29 heavy (non-hydrogen) atoms. The molecule has 1 atom stereocenters. The Morgan fingerprint density at radius 1 is 1.07 bits per heavy atom. The quantitative estimate of drug-likeness (QED) is 0.524. The first-order chi connectivity index (χ1) is 14.0. The Labute approximate surface area is 171 Å². The highest BCUT2D eigenvalue weighted by molar-refractivity contribution is 7.84. The lowest BCUT2D eigenvalue weighted by Gasteiger charge is -2.08. The van der Waals surface area contributed by atoms with Crippen molar-refractivity contribution in [3.8, 4) is 11.3 Å². The Morgan fingerprint density at radius 3 is 2.69 bits per heavy atom. The molecular weight excluding hydrogens is 382 g/mol. The molecule has 1 unspecified atom stereocenters. The molecule has 1 heterocycles. The molecule has 0 spiro atoms. The molecule has 4 rings (SSSR count).